The number of benzene rings is 1. The number of hydrogen-bond acceptors (Lipinski definition) is 4. The highest BCUT2D eigenvalue weighted by molar-refractivity contribution is 6.09. The van der Waals surface area contributed by atoms with Gasteiger partial charge in [-0.3, -0.25) is 4.79 Å². The lowest BCUT2D eigenvalue weighted by Crippen LogP contribution is -2.13. The lowest BCUT2D eigenvalue weighted by atomic mass is 10.1. The number of aryl methyl sites for hydroxylation is 1. The zero-order valence-corrected chi connectivity index (χ0v) is 12.0. The quantitative estimate of drug-likeness (QED) is 0.450. The van der Waals surface area contributed by atoms with Crippen LogP contribution in [0.4, 0.5) is 0 Å². The van der Waals surface area contributed by atoms with Crippen molar-refractivity contribution in [2.45, 2.75) is 40.2 Å². The monoisotopic (exact) mass is 263 g/mol. The molecule has 0 saturated carbocycles. The van der Waals surface area contributed by atoms with Crippen molar-refractivity contribution >= 4 is 11.7 Å². The Kier molecular flexibility index (Phi) is 6.06. The van der Waals surface area contributed by atoms with Crippen LogP contribution in [-0.4, -0.2) is 24.4 Å². The topological polar surface area (TPSA) is 47.9 Å². The second-order valence-corrected chi connectivity index (χ2v) is 4.54. The van der Waals surface area contributed by atoms with Crippen molar-refractivity contribution in [1.82, 2.24) is 0 Å². The molecule has 0 saturated heterocycles. The van der Waals surface area contributed by atoms with Gasteiger partial charge in [0.05, 0.1) is 18.7 Å². The van der Waals surface area contributed by atoms with Gasteiger partial charge < -0.3 is 9.57 Å². The van der Waals surface area contributed by atoms with Crippen LogP contribution < -0.4 is 0 Å². The molecule has 1 rings (SSSR count). The van der Waals surface area contributed by atoms with Crippen LogP contribution in [0, 0.1) is 6.92 Å². The summed E-state index contributed by atoms with van der Waals surface area (Å²) in [5.41, 5.74) is 2.62. The Hall–Kier alpha value is -1.84. The second kappa shape index (κ2) is 7.56. The Balaban J connectivity index is 2.88. The van der Waals surface area contributed by atoms with E-state index < -0.39 is 0 Å². The molecule has 0 aliphatic rings. The molecule has 0 atom stereocenters. The summed E-state index contributed by atoms with van der Waals surface area (Å²) in [6.45, 7) is 7.94. The molecule has 0 heterocycles. The van der Waals surface area contributed by atoms with E-state index in [4.69, 9.17) is 9.57 Å². The van der Waals surface area contributed by atoms with Crippen molar-refractivity contribution < 1.29 is 14.4 Å². The van der Waals surface area contributed by atoms with Crippen LogP contribution in [0.2, 0.25) is 0 Å². The zero-order chi connectivity index (χ0) is 14.3. The highest BCUT2D eigenvalue weighted by Crippen LogP contribution is 2.09. The van der Waals surface area contributed by atoms with E-state index >= 15 is 0 Å². The molecule has 0 aliphatic carbocycles. The number of hydrogen-bond donors (Lipinski definition) is 0. The number of carbonyl (C=O) groups excluding carboxylic acids is 1. The fourth-order valence-electron chi connectivity index (χ4n) is 1.45. The van der Waals surface area contributed by atoms with E-state index in [1.807, 2.05) is 45.0 Å². The van der Waals surface area contributed by atoms with Gasteiger partial charge in [-0.15, -0.1) is 0 Å². The van der Waals surface area contributed by atoms with Gasteiger partial charge in [-0.2, -0.15) is 0 Å². The minimum absolute atomic E-state index is 0.0253. The molecule has 0 aliphatic heterocycles. The number of carbonyl (C=O) groups is 1. The Morgan fingerprint density at radius 3 is 2.42 bits per heavy atom. The van der Waals surface area contributed by atoms with Gasteiger partial charge in [0.2, 0.25) is 0 Å². The molecule has 0 spiro atoms. The predicted octanol–water partition coefficient (Wildman–Crippen LogP) is 3.08. The molecule has 19 heavy (non-hydrogen) atoms. The SMILES string of the molecule is CCOC(=O)C/C(=N\OC(C)C)c1ccc(C)cc1. The van der Waals surface area contributed by atoms with Crippen molar-refractivity contribution in [3.63, 3.8) is 0 Å². The summed E-state index contributed by atoms with van der Waals surface area (Å²) in [6, 6.07) is 7.81. The second-order valence-electron chi connectivity index (χ2n) is 4.54. The summed E-state index contributed by atoms with van der Waals surface area (Å²) in [5.74, 6) is -0.297. The van der Waals surface area contributed by atoms with Crippen molar-refractivity contribution in [2.75, 3.05) is 6.61 Å². The first-order valence-electron chi connectivity index (χ1n) is 6.48. The van der Waals surface area contributed by atoms with E-state index in [1.165, 1.54) is 0 Å². The van der Waals surface area contributed by atoms with Crippen LogP contribution in [0.1, 0.15) is 38.3 Å². The number of oxime groups is 1. The van der Waals surface area contributed by atoms with Crippen molar-refractivity contribution in [3.8, 4) is 0 Å². The maximum Gasteiger partial charge on any atom is 0.312 e. The molecule has 104 valence electrons. The lowest BCUT2D eigenvalue weighted by Gasteiger charge is -2.09. The zero-order valence-electron chi connectivity index (χ0n) is 12.0. The van der Waals surface area contributed by atoms with Crippen molar-refractivity contribution in [3.05, 3.63) is 35.4 Å². The average Bonchev–Trinajstić information content (AvgIpc) is 2.35. The predicted molar refractivity (Wildman–Crippen MR) is 75.2 cm³/mol. The minimum Gasteiger partial charge on any atom is -0.466 e. The number of ether oxygens (including phenoxy) is 1. The summed E-state index contributed by atoms with van der Waals surface area (Å²) in [6.07, 6.45) is 0.0894. The largest absolute Gasteiger partial charge is 0.466 e. The molecule has 0 bridgehead atoms. The fourth-order valence-corrected chi connectivity index (χ4v) is 1.45. The van der Waals surface area contributed by atoms with E-state index in [9.17, 15) is 4.79 Å². The summed E-state index contributed by atoms with van der Waals surface area (Å²) >= 11 is 0. The fraction of sp³-hybridized carbons (Fsp3) is 0.467. The van der Waals surface area contributed by atoms with Gasteiger partial charge in [-0.05, 0) is 33.3 Å². The van der Waals surface area contributed by atoms with E-state index in [1.54, 1.807) is 6.92 Å². The summed E-state index contributed by atoms with van der Waals surface area (Å²) < 4.78 is 4.95. The molecular formula is C15H21NO3. The van der Waals surface area contributed by atoms with Gasteiger partial charge in [0, 0.05) is 0 Å². The van der Waals surface area contributed by atoms with Crippen molar-refractivity contribution in [1.29, 1.82) is 0 Å². The first kappa shape index (κ1) is 15.2. The Labute approximate surface area is 114 Å². The number of rotatable bonds is 6. The molecule has 1 aromatic rings. The molecular weight excluding hydrogens is 242 g/mol. The van der Waals surface area contributed by atoms with Gasteiger partial charge in [0.15, 0.2) is 0 Å². The molecule has 0 fully saturated rings. The van der Waals surface area contributed by atoms with Crippen LogP contribution >= 0.6 is 0 Å². The van der Waals surface area contributed by atoms with Crippen LogP contribution in [0.15, 0.2) is 29.4 Å². The first-order chi connectivity index (χ1) is 9.02. The first-order valence-corrected chi connectivity index (χ1v) is 6.48. The van der Waals surface area contributed by atoms with E-state index in [0.717, 1.165) is 11.1 Å². The average molecular weight is 263 g/mol. The Bertz CT molecular complexity index is 435. The van der Waals surface area contributed by atoms with Gasteiger partial charge in [-0.1, -0.05) is 35.0 Å². The third-order valence-electron chi connectivity index (χ3n) is 2.38. The van der Waals surface area contributed by atoms with Crippen LogP contribution in [-0.2, 0) is 14.4 Å². The third-order valence-corrected chi connectivity index (χ3v) is 2.38. The summed E-state index contributed by atoms with van der Waals surface area (Å²) in [7, 11) is 0. The van der Waals surface area contributed by atoms with Crippen LogP contribution in [0.3, 0.4) is 0 Å². The molecule has 0 N–H and O–H groups in total. The Morgan fingerprint density at radius 2 is 1.89 bits per heavy atom. The highest BCUT2D eigenvalue weighted by Gasteiger charge is 2.12. The number of nitrogens with zero attached hydrogens (tertiary/aromatic N) is 1. The third kappa shape index (κ3) is 5.55. The normalized spacial score (nSPS) is 11.5. The van der Waals surface area contributed by atoms with E-state index in [-0.39, 0.29) is 18.5 Å². The molecule has 1 aromatic carbocycles. The lowest BCUT2D eigenvalue weighted by molar-refractivity contribution is -0.141. The van der Waals surface area contributed by atoms with Gasteiger partial charge in [0.25, 0.3) is 0 Å². The maximum atomic E-state index is 11.6. The van der Waals surface area contributed by atoms with Gasteiger partial charge >= 0.3 is 5.97 Å². The number of esters is 1. The van der Waals surface area contributed by atoms with Crippen molar-refractivity contribution in [2.24, 2.45) is 5.16 Å². The summed E-state index contributed by atoms with van der Waals surface area (Å²) in [5, 5.41) is 4.06. The molecule has 4 heteroatoms. The molecule has 0 radical (unpaired) electrons. The molecule has 0 unspecified atom stereocenters. The maximum absolute atomic E-state index is 11.6. The standard InChI is InChI=1S/C15H21NO3/c1-5-18-15(17)10-14(16-19-11(2)3)13-8-6-12(4)7-9-13/h6-9,11H,5,10H2,1-4H3/b16-14+. The smallest absolute Gasteiger partial charge is 0.312 e. The van der Waals surface area contributed by atoms with E-state index in [0.29, 0.717) is 12.3 Å². The molecule has 4 nitrogen and oxygen atoms in total. The van der Waals surface area contributed by atoms with Gasteiger partial charge in [-0.25, -0.2) is 0 Å². The van der Waals surface area contributed by atoms with E-state index in [2.05, 4.69) is 5.16 Å². The summed E-state index contributed by atoms with van der Waals surface area (Å²) in [4.78, 5) is 16.8. The molecule has 0 amide bonds. The highest BCUT2D eigenvalue weighted by atomic mass is 16.6. The van der Waals surface area contributed by atoms with Gasteiger partial charge in [0.1, 0.15) is 6.10 Å². The van der Waals surface area contributed by atoms with Crippen LogP contribution in [0.5, 0.6) is 0 Å². The van der Waals surface area contributed by atoms with Crippen LogP contribution in [0.25, 0.3) is 0 Å². The molecule has 0 aromatic heterocycles. The Morgan fingerprint density at radius 1 is 1.26 bits per heavy atom. The minimum atomic E-state index is -0.297.